The van der Waals surface area contributed by atoms with Gasteiger partial charge in [-0.15, -0.1) is 0 Å². The van der Waals surface area contributed by atoms with Crippen LogP contribution in [0.15, 0.2) is 67.0 Å². The van der Waals surface area contributed by atoms with Crippen molar-refractivity contribution < 1.29 is 0 Å². The van der Waals surface area contributed by atoms with Crippen LogP contribution < -0.4 is 15.1 Å². The number of hydrogen-bond donors (Lipinski definition) is 1. The molecule has 0 saturated carbocycles. The molecule has 1 fully saturated rings. The van der Waals surface area contributed by atoms with Crippen molar-refractivity contribution in [2.24, 2.45) is 0 Å². The van der Waals surface area contributed by atoms with Gasteiger partial charge in [0.05, 0.1) is 0 Å². The molecule has 0 aliphatic carbocycles. The average Bonchev–Trinajstić information content (AvgIpc) is 2.75. The fourth-order valence-electron chi connectivity index (χ4n) is 3.61. The lowest BCUT2D eigenvalue weighted by Crippen LogP contribution is -2.46. The van der Waals surface area contributed by atoms with E-state index in [-0.39, 0.29) is 0 Å². The van der Waals surface area contributed by atoms with Crippen LogP contribution in [0.4, 0.5) is 17.3 Å². The Labute approximate surface area is 167 Å². The standard InChI is InChI=1S/C23H27N5/c1-19-6-5-9-21(16-19)27-12-14-28(15-13-27)23-17-22(25-18-26-23)24-11-10-20-7-3-2-4-8-20/h2-9,16-18H,10-15H2,1H3,(H,24,25,26). The Balaban J connectivity index is 1.32. The Morgan fingerprint density at radius 1 is 0.857 bits per heavy atom. The number of nitrogens with zero attached hydrogens (tertiary/aromatic N) is 4. The first-order chi connectivity index (χ1) is 13.8. The number of rotatable bonds is 6. The number of aryl methyl sites for hydroxylation is 1. The van der Waals surface area contributed by atoms with Gasteiger partial charge in [0.15, 0.2) is 0 Å². The van der Waals surface area contributed by atoms with Crippen LogP contribution in [0, 0.1) is 6.92 Å². The Morgan fingerprint density at radius 2 is 1.64 bits per heavy atom. The fourth-order valence-corrected chi connectivity index (χ4v) is 3.61. The number of hydrogen-bond acceptors (Lipinski definition) is 5. The van der Waals surface area contributed by atoms with Gasteiger partial charge in [-0.25, -0.2) is 9.97 Å². The molecule has 0 spiro atoms. The molecule has 28 heavy (non-hydrogen) atoms. The summed E-state index contributed by atoms with van der Waals surface area (Å²) in [6.07, 6.45) is 2.64. The Hall–Kier alpha value is -3.08. The minimum atomic E-state index is 0.863. The monoisotopic (exact) mass is 373 g/mol. The molecular formula is C23H27N5. The Bertz CT molecular complexity index is 888. The van der Waals surface area contributed by atoms with Gasteiger partial charge in [0.1, 0.15) is 18.0 Å². The quantitative estimate of drug-likeness (QED) is 0.713. The third-order valence-corrected chi connectivity index (χ3v) is 5.19. The number of nitrogens with one attached hydrogen (secondary N) is 1. The van der Waals surface area contributed by atoms with Crippen LogP contribution in [0.3, 0.4) is 0 Å². The van der Waals surface area contributed by atoms with Crippen LogP contribution in [0.2, 0.25) is 0 Å². The van der Waals surface area contributed by atoms with Crippen LogP contribution in [0.5, 0.6) is 0 Å². The molecule has 0 amide bonds. The second-order valence-electron chi connectivity index (χ2n) is 7.24. The molecule has 0 bridgehead atoms. The Morgan fingerprint density at radius 3 is 2.43 bits per heavy atom. The summed E-state index contributed by atoms with van der Waals surface area (Å²) in [7, 11) is 0. The number of anilines is 3. The molecular weight excluding hydrogens is 346 g/mol. The summed E-state index contributed by atoms with van der Waals surface area (Å²) in [6, 6.07) is 21.3. The molecule has 0 atom stereocenters. The maximum absolute atomic E-state index is 4.50. The van der Waals surface area contributed by atoms with Crippen molar-refractivity contribution in [3.63, 3.8) is 0 Å². The summed E-state index contributed by atoms with van der Waals surface area (Å²) in [6.45, 7) is 6.95. The lowest BCUT2D eigenvalue weighted by Gasteiger charge is -2.36. The summed E-state index contributed by atoms with van der Waals surface area (Å²) in [5, 5.41) is 3.43. The molecule has 1 saturated heterocycles. The zero-order chi connectivity index (χ0) is 19.2. The second kappa shape index (κ2) is 8.74. The Kier molecular flexibility index (Phi) is 5.71. The van der Waals surface area contributed by atoms with Crippen molar-refractivity contribution in [1.82, 2.24) is 9.97 Å². The number of benzene rings is 2. The maximum Gasteiger partial charge on any atom is 0.134 e. The van der Waals surface area contributed by atoms with Gasteiger partial charge in [0.2, 0.25) is 0 Å². The average molecular weight is 374 g/mol. The molecule has 4 rings (SSSR count). The molecule has 3 aromatic rings. The van der Waals surface area contributed by atoms with E-state index < -0.39 is 0 Å². The van der Waals surface area contributed by atoms with E-state index in [4.69, 9.17) is 0 Å². The highest BCUT2D eigenvalue weighted by Gasteiger charge is 2.18. The third-order valence-electron chi connectivity index (χ3n) is 5.19. The summed E-state index contributed by atoms with van der Waals surface area (Å²) in [5.41, 5.74) is 3.95. The van der Waals surface area contributed by atoms with Crippen LogP contribution in [0.1, 0.15) is 11.1 Å². The molecule has 1 N–H and O–H groups in total. The van der Waals surface area contributed by atoms with E-state index in [0.717, 1.165) is 50.8 Å². The molecule has 1 aromatic heterocycles. The first-order valence-corrected chi connectivity index (χ1v) is 9.94. The number of piperazine rings is 1. The molecule has 0 radical (unpaired) electrons. The van der Waals surface area contributed by atoms with Gasteiger partial charge in [-0.2, -0.15) is 0 Å². The minimum Gasteiger partial charge on any atom is -0.370 e. The summed E-state index contributed by atoms with van der Waals surface area (Å²) >= 11 is 0. The maximum atomic E-state index is 4.50. The second-order valence-corrected chi connectivity index (χ2v) is 7.24. The summed E-state index contributed by atoms with van der Waals surface area (Å²) in [5.74, 6) is 1.89. The van der Waals surface area contributed by atoms with Crippen molar-refractivity contribution in [2.75, 3.05) is 47.8 Å². The highest BCUT2D eigenvalue weighted by molar-refractivity contribution is 5.53. The normalized spacial score (nSPS) is 14.2. The van der Waals surface area contributed by atoms with E-state index in [0.29, 0.717) is 0 Å². The molecule has 2 heterocycles. The SMILES string of the molecule is Cc1cccc(N2CCN(c3cc(NCCc4ccccc4)ncn3)CC2)c1. The molecule has 144 valence electrons. The summed E-state index contributed by atoms with van der Waals surface area (Å²) in [4.78, 5) is 13.7. The predicted molar refractivity (Wildman–Crippen MR) is 116 cm³/mol. The molecule has 0 unspecified atom stereocenters. The van der Waals surface area contributed by atoms with Crippen molar-refractivity contribution in [3.8, 4) is 0 Å². The number of aromatic nitrogens is 2. The van der Waals surface area contributed by atoms with Crippen LogP contribution in [-0.4, -0.2) is 42.7 Å². The fraction of sp³-hybridized carbons (Fsp3) is 0.304. The lowest BCUT2D eigenvalue weighted by molar-refractivity contribution is 0.646. The van der Waals surface area contributed by atoms with Crippen LogP contribution >= 0.6 is 0 Å². The van der Waals surface area contributed by atoms with Crippen molar-refractivity contribution in [1.29, 1.82) is 0 Å². The van der Waals surface area contributed by atoms with E-state index in [1.807, 2.05) is 6.07 Å². The van der Waals surface area contributed by atoms with Gasteiger partial charge in [0, 0.05) is 44.5 Å². The highest BCUT2D eigenvalue weighted by Crippen LogP contribution is 2.21. The van der Waals surface area contributed by atoms with E-state index in [2.05, 4.69) is 86.6 Å². The summed E-state index contributed by atoms with van der Waals surface area (Å²) < 4.78 is 0. The first-order valence-electron chi connectivity index (χ1n) is 9.94. The van der Waals surface area contributed by atoms with Crippen LogP contribution in [0.25, 0.3) is 0 Å². The van der Waals surface area contributed by atoms with Gasteiger partial charge in [-0.3, -0.25) is 0 Å². The highest BCUT2D eigenvalue weighted by atomic mass is 15.3. The van der Waals surface area contributed by atoms with Gasteiger partial charge in [-0.05, 0) is 36.6 Å². The predicted octanol–water partition coefficient (Wildman–Crippen LogP) is 3.77. The molecule has 2 aromatic carbocycles. The van der Waals surface area contributed by atoms with Gasteiger partial charge in [-0.1, -0.05) is 42.5 Å². The molecule has 5 heteroatoms. The van der Waals surface area contributed by atoms with E-state index in [1.54, 1.807) is 6.33 Å². The zero-order valence-corrected chi connectivity index (χ0v) is 16.4. The zero-order valence-electron chi connectivity index (χ0n) is 16.4. The topological polar surface area (TPSA) is 44.3 Å². The first kappa shape index (κ1) is 18.3. The van der Waals surface area contributed by atoms with Gasteiger partial charge >= 0.3 is 0 Å². The van der Waals surface area contributed by atoms with E-state index >= 15 is 0 Å². The minimum absolute atomic E-state index is 0.863. The van der Waals surface area contributed by atoms with E-state index in [9.17, 15) is 0 Å². The van der Waals surface area contributed by atoms with Crippen molar-refractivity contribution in [2.45, 2.75) is 13.3 Å². The van der Waals surface area contributed by atoms with Crippen molar-refractivity contribution in [3.05, 3.63) is 78.1 Å². The van der Waals surface area contributed by atoms with E-state index in [1.165, 1.54) is 16.8 Å². The smallest absolute Gasteiger partial charge is 0.134 e. The van der Waals surface area contributed by atoms with Gasteiger partial charge in [0.25, 0.3) is 0 Å². The molecule has 1 aliphatic heterocycles. The third kappa shape index (κ3) is 4.60. The molecule has 1 aliphatic rings. The van der Waals surface area contributed by atoms with Crippen molar-refractivity contribution >= 4 is 17.3 Å². The lowest BCUT2D eigenvalue weighted by atomic mass is 10.1. The largest absolute Gasteiger partial charge is 0.370 e. The van der Waals surface area contributed by atoms with Gasteiger partial charge < -0.3 is 15.1 Å². The van der Waals surface area contributed by atoms with Crippen LogP contribution in [-0.2, 0) is 6.42 Å². The molecule has 5 nitrogen and oxygen atoms in total.